The Labute approximate surface area is 126 Å². The number of rotatable bonds is 3. The van der Waals surface area contributed by atoms with E-state index in [1.165, 1.54) is 24.1 Å². The van der Waals surface area contributed by atoms with Gasteiger partial charge in [0.1, 0.15) is 0 Å². The summed E-state index contributed by atoms with van der Waals surface area (Å²) in [7, 11) is 1.81. The summed E-state index contributed by atoms with van der Waals surface area (Å²) in [4.78, 5) is 0. The van der Waals surface area contributed by atoms with E-state index >= 15 is 0 Å². The second-order valence-electron chi connectivity index (χ2n) is 4.96. The Kier molecular flexibility index (Phi) is 5.10. The molecule has 1 aliphatic carbocycles. The molecule has 0 bridgehead atoms. The van der Waals surface area contributed by atoms with E-state index in [0.29, 0.717) is 12.1 Å². The molecular weight excluding hydrogens is 358 g/mol. The molecule has 0 heterocycles. The van der Waals surface area contributed by atoms with E-state index < -0.39 is 0 Å². The van der Waals surface area contributed by atoms with Crippen LogP contribution in [0.15, 0.2) is 21.1 Å². The molecule has 0 spiro atoms. The zero-order valence-corrected chi connectivity index (χ0v) is 14.0. The van der Waals surface area contributed by atoms with Gasteiger partial charge in [0.2, 0.25) is 0 Å². The number of nitrogens with one attached hydrogen (secondary N) is 1. The maximum absolute atomic E-state index is 5.41. The van der Waals surface area contributed by atoms with Crippen molar-refractivity contribution in [2.24, 2.45) is 0 Å². The molecule has 0 unspecified atom stereocenters. The molecular formula is C14H19Br2NO. The zero-order chi connectivity index (χ0) is 13.1. The molecule has 1 fully saturated rings. The van der Waals surface area contributed by atoms with Gasteiger partial charge in [-0.05, 0) is 82.2 Å². The van der Waals surface area contributed by atoms with Crippen molar-refractivity contribution >= 4 is 37.5 Å². The number of benzene rings is 1. The first kappa shape index (κ1) is 14.4. The molecule has 2 rings (SSSR count). The Morgan fingerprint density at radius 1 is 1.11 bits per heavy atom. The predicted octanol–water partition coefficient (Wildman–Crippen LogP) is 4.89. The minimum absolute atomic E-state index is 0.452. The van der Waals surface area contributed by atoms with Crippen molar-refractivity contribution in [2.45, 2.75) is 44.8 Å². The lowest BCUT2D eigenvalue weighted by Crippen LogP contribution is -2.29. The zero-order valence-electron chi connectivity index (χ0n) is 10.8. The van der Waals surface area contributed by atoms with Crippen molar-refractivity contribution in [3.8, 4) is 0 Å². The van der Waals surface area contributed by atoms with Crippen LogP contribution in [-0.4, -0.2) is 19.3 Å². The number of hydrogen-bond donors (Lipinski definition) is 1. The maximum atomic E-state index is 5.41. The quantitative estimate of drug-likeness (QED) is 0.810. The van der Waals surface area contributed by atoms with Crippen LogP contribution in [0.4, 0.5) is 5.69 Å². The fourth-order valence-electron chi connectivity index (χ4n) is 2.48. The van der Waals surface area contributed by atoms with Crippen LogP contribution in [0.1, 0.15) is 31.2 Å². The van der Waals surface area contributed by atoms with Crippen LogP contribution in [-0.2, 0) is 4.74 Å². The van der Waals surface area contributed by atoms with E-state index in [2.05, 4.69) is 56.2 Å². The first-order valence-electron chi connectivity index (χ1n) is 6.35. The van der Waals surface area contributed by atoms with Gasteiger partial charge in [0.05, 0.1) is 11.8 Å². The van der Waals surface area contributed by atoms with Crippen LogP contribution in [0, 0.1) is 6.92 Å². The van der Waals surface area contributed by atoms with Gasteiger partial charge in [-0.15, -0.1) is 0 Å². The summed E-state index contributed by atoms with van der Waals surface area (Å²) < 4.78 is 7.66. The van der Waals surface area contributed by atoms with Crippen molar-refractivity contribution in [3.05, 3.63) is 26.6 Å². The molecule has 0 amide bonds. The van der Waals surface area contributed by atoms with Crippen molar-refractivity contribution in [2.75, 3.05) is 12.4 Å². The highest BCUT2D eigenvalue weighted by Gasteiger charge is 2.21. The summed E-state index contributed by atoms with van der Waals surface area (Å²) in [6, 6.07) is 4.84. The monoisotopic (exact) mass is 375 g/mol. The van der Waals surface area contributed by atoms with Crippen molar-refractivity contribution in [1.29, 1.82) is 0 Å². The Hall–Kier alpha value is -0.0600. The number of aryl methyl sites for hydroxylation is 1. The third kappa shape index (κ3) is 3.49. The second-order valence-corrected chi connectivity index (χ2v) is 6.67. The summed E-state index contributed by atoms with van der Waals surface area (Å²) in [6.45, 7) is 2.10. The third-order valence-corrected chi connectivity index (χ3v) is 4.79. The van der Waals surface area contributed by atoms with E-state index in [0.717, 1.165) is 21.8 Å². The molecule has 0 atom stereocenters. The number of ether oxygens (including phenoxy) is 1. The van der Waals surface area contributed by atoms with Crippen LogP contribution in [0.5, 0.6) is 0 Å². The largest absolute Gasteiger partial charge is 0.381 e. The Morgan fingerprint density at radius 2 is 1.67 bits per heavy atom. The van der Waals surface area contributed by atoms with Crippen molar-refractivity contribution in [3.63, 3.8) is 0 Å². The fourth-order valence-corrected chi connectivity index (χ4v) is 4.13. The molecule has 0 saturated heterocycles. The Balaban J connectivity index is 2.02. The van der Waals surface area contributed by atoms with Crippen molar-refractivity contribution in [1.82, 2.24) is 0 Å². The molecule has 1 aromatic carbocycles. The number of halogens is 2. The molecule has 2 nitrogen and oxygen atoms in total. The fraction of sp³-hybridized carbons (Fsp3) is 0.571. The lowest BCUT2D eigenvalue weighted by Gasteiger charge is -2.29. The second kappa shape index (κ2) is 6.40. The summed E-state index contributed by atoms with van der Waals surface area (Å²) in [5.41, 5.74) is 2.42. The highest BCUT2D eigenvalue weighted by Crippen LogP contribution is 2.34. The van der Waals surface area contributed by atoms with Gasteiger partial charge in [-0.2, -0.15) is 0 Å². The summed E-state index contributed by atoms with van der Waals surface area (Å²) >= 11 is 7.27. The van der Waals surface area contributed by atoms with Crippen LogP contribution in [0.25, 0.3) is 0 Å². The van der Waals surface area contributed by atoms with Crippen LogP contribution >= 0.6 is 31.9 Å². The van der Waals surface area contributed by atoms with Gasteiger partial charge in [-0.1, -0.05) is 0 Å². The van der Waals surface area contributed by atoms with E-state index in [1.807, 2.05) is 7.11 Å². The van der Waals surface area contributed by atoms with Gasteiger partial charge < -0.3 is 10.1 Å². The SMILES string of the molecule is COC1CCC(Nc2c(Br)cc(C)cc2Br)CC1. The summed E-state index contributed by atoms with van der Waals surface area (Å²) in [6.07, 6.45) is 5.09. The average molecular weight is 377 g/mol. The smallest absolute Gasteiger partial charge is 0.0631 e. The van der Waals surface area contributed by atoms with Crippen LogP contribution in [0.3, 0.4) is 0 Å². The van der Waals surface area contributed by atoms with E-state index in [1.54, 1.807) is 0 Å². The standard InChI is InChI=1S/C14H19Br2NO/c1-9-7-12(15)14(13(16)8-9)17-10-3-5-11(18-2)6-4-10/h7-8,10-11,17H,3-6H2,1-2H3. The van der Waals surface area contributed by atoms with Crippen LogP contribution < -0.4 is 5.32 Å². The predicted molar refractivity (Wildman–Crippen MR) is 83.3 cm³/mol. The van der Waals surface area contributed by atoms with Gasteiger partial charge in [0.25, 0.3) is 0 Å². The lowest BCUT2D eigenvalue weighted by molar-refractivity contribution is 0.0682. The van der Waals surface area contributed by atoms with Gasteiger partial charge >= 0.3 is 0 Å². The molecule has 0 aromatic heterocycles. The van der Waals surface area contributed by atoms with Gasteiger partial charge in [0.15, 0.2) is 0 Å². The highest BCUT2D eigenvalue weighted by molar-refractivity contribution is 9.11. The molecule has 0 aliphatic heterocycles. The molecule has 1 N–H and O–H groups in total. The molecule has 1 aromatic rings. The molecule has 18 heavy (non-hydrogen) atoms. The Bertz CT molecular complexity index is 391. The lowest BCUT2D eigenvalue weighted by atomic mass is 9.93. The van der Waals surface area contributed by atoms with Gasteiger partial charge in [-0.25, -0.2) is 0 Å². The molecule has 1 aliphatic rings. The first-order chi connectivity index (χ1) is 8.60. The number of methoxy groups -OCH3 is 1. The molecule has 1 saturated carbocycles. The molecule has 100 valence electrons. The minimum Gasteiger partial charge on any atom is -0.381 e. The topological polar surface area (TPSA) is 21.3 Å². The normalized spacial score (nSPS) is 24.0. The molecule has 4 heteroatoms. The summed E-state index contributed by atoms with van der Waals surface area (Å²) in [5.74, 6) is 0. The van der Waals surface area contributed by atoms with Gasteiger partial charge in [-0.3, -0.25) is 0 Å². The highest BCUT2D eigenvalue weighted by atomic mass is 79.9. The van der Waals surface area contributed by atoms with E-state index in [9.17, 15) is 0 Å². The van der Waals surface area contributed by atoms with Crippen LogP contribution in [0.2, 0.25) is 0 Å². The van der Waals surface area contributed by atoms with E-state index in [-0.39, 0.29) is 0 Å². The van der Waals surface area contributed by atoms with Crippen molar-refractivity contribution < 1.29 is 4.74 Å². The minimum atomic E-state index is 0.452. The molecule has 0 radical (unpaired) electrons. The van der Waals surface area contributed by atoms with Gasteiger partial charge in [0, 0.05) is 22.1 Å². The average Bonchev–Trinajstić information content (AvgIpc) is 2.34. The first-order valence-corrected chi connectivity index (χ1v) is 7.93. The maximum Gasteiger partial charge on any atom is 0.0631 e. The van der Waals surface area contributed by atoms with E-state index in [4.69, 9.17) is 4.74 Å². The number of hydrogen-bond acceptors (Lipinski definition) is 2. The Morgan fingerprint density at radius 3 is 2.17 bits per heavy atom. The third-order valence-electron chi connectivity index (χ3n) is 3.54. The number of anilines is 1. The summed E-state index contributed by atoms with van der Waals surface area (Å²) in [5, 5.41) is 3.64.